The summed E-state index contributed by atoms with van der Waals surface area (Å²) in [6.45, 7) is 0. The Labute approximate surface area is 106 Å². The third-order valence-corrected chi connectivity index (χ3v) is 0. The van der Waals surface area contributed by atoms with E-state index in [1.807, 2.05) is 0 Å². The maximum Gasteiger partial charge on any atom is 3.00 e. The topological polar surface area (TPSA) is 0 Å². The second-order valence-electron chi connectivity index (χ2n) is 0.247. The molecule has 0 nitrogen and oxygen atoms in total. The van der Waals surface area contributed by atoms with E-state index in [1.165, 1.54) is 0 Å². The van der Waals surface area contributed by atoms with Crippen molar-refractivity contribution in [2.75, 3.05) is 0 Å². The summed E-state index contributed by atoms with van der Waals surface area (Å²) < 4.78 is 0. The molecule has 0 saturated carbocycles. The molecule has 0 aliphatic heterocycles. The molecule has 0 aliphatic carbocycles. The van der Waals surface area contributed by atoms with Crippen molar-refractivity contribution in [1.82, 2.24) is 0 Å². The summed E-state index contributed by atoms with van der Waals surface area (Å²) in [4.78, 5) is -0.750. The van der Waals surface area contributed by atoms with Crippen LogP contribution in [-0.2, 0) is 0 Å². The summed E-state index contributed by atoms with van der Waals surface area (Å²) in [5.74, 6) is 0. The quantitative estimate of drug-likeness (QED) is 0.365. The Morgan fingerprint density at radius 1 is 0.750 bits per heavy atom. The average molecular weight is 384 g/mol. The van der Waals surface area contributed by atoms with E-state index in [4.69, 9.17) is 34.4 Å². The summed E-state index contributed by atoms with van der Waals surface area (Å²) in [6.07, 6.45) is 0. The van der Waals surface area contributed by atoms with Crippen molar-refractivity contribution in [2.24, 2.45) is 0 Å². The SMILES string of the molecule is ClB(Cl)Cl.[Al+3].[Br-].[Br-].[Br-]. The molecule has 0 aromatic rings. The van der Waals surface area contributed by atoms with E-state index >= 15 is 0 Å². The van der Waals surface area contributed by atoms with Crippen molar-refractivity contribution in [3.8, 4) is 0 Å². The smallest absolute Gasteiger partial charge is 1.00 e. The van der Waals surface area contributed by atoms with Gasteiger partial charge in [0.05, 0.1) is 0 Å². The van der Waals surface area contributed by atoms with Crippen LogP contribution in [0.1, 0.15) is 0 Å². The maximum atomic E-state index is 4.81. The monoisotopic (exact) mass is 380 g/mol. The molecule has 0 heterocycles. The number of hydrogen-bond donors (Lipinski definition) is 0. The Hall–Kier alpha value is 2.91. The van der Waals surface area contributed by atoms with Crippen molar-refractivity contribution >= 4 is 56.7 Å². The zero-order valence-corrected chi connectivity index (χ0v) is 11.6. The summed E-state index contributed by atoms with van der Waals surface area (Å²) in [7, 11) is 0. The van der Waals surface area contributed by atoms with Crippen LogP contribution in [0.4, 0.5) is 0 Å². The zero-order chi connectivity index (χ0) is 3.58. The number of rotatable bonds is 0. The van der Waals surface area contributed by atoms with E-state index in [2.05, 4.69) is 0 Å². The Morgan fingerprint density at radius 2 is 0.750 bits per heavy atom. The van der Waals surface area contributed by atoms with Gasteiger partial charge in [-0.3, -0.25) is 0 Å². The minimum Gasteiger partial charge on any atom is -1.00 e. The first-order valence-electron chi connectivity index (χ1n) is 0.655. The molecule has 0 unspecified atom stereocenters. The fraction of sp³-hybridized carbons (Fsp3) is 0. The first-order valence-corrected chi connectivity index (χ1v) is 1.96. The molecule has 0 aromatic carbocycles. The van der Waals surface area contributed by atoms with Gasteiger partial charge in [-0.1, -0.05) is 0 Å². The molecule has 0 N–H and O–H groups in total. The Kier molecular flexibility index (Phi) is 86.4. The predicted molar refractivity (Wildman–Crippen MR) is 29.1 cm³/mol. The van der Waals surface area contributed by atoms with Gasteiger partial charge in [0, 0.05) is 0 Å². The van der Waals surface area contributed by atoms with Crippen LogP contribution in [0.15, 0.2) is 0 Å². The van der Waals surface area contributed by atoms with Gasteiger partial charge >= 0.3 is 22.3 Å². The molecule has 0 aromatic heterocycles. The van der Waals surface area contributed by atoms with Gasteiger partial charge in [0.2, 0.25) is 0 Å². The van der Waals surface area contributed by atoms with Gasteiger partial charge in [-0.05, 0) is 0 Å². The van der Waals surface area contributed by atoms with Gasteiger partial charge < -0.3 is 50.9 Å². The van der Waals surface area contributed by atoms with Crippen LogP contribution in [0, 0.1) is 0 Å². The number of halogens is 6. The van der Waals surface area contributed by atoms with Crippen LogP contribution >= 0.6 is 34.4 Å². The molecule has 0 aliphatic rings. The molecular formula is AlBBr3Cl3. The van der Waals surface area contributed by atoms with Crippen LogP contribution in [0.25, 0.3) is 0 Å². The zero-order valence-electron chi connectivity index (χ0n) is 3.42. The first-order chi connectivity index (χ1) is 1.73. The van der Waals surface area contributed by atoms with Crippen molar-refractivity contribution < 1.29 is 50.9 Å². The molecule has 0 radical (unpaired) electrons. The van der Waals surface area contributed by atoms with Crippen molar-refractivity contribution in [3.05, 3.63) is 0 Å². The van der Waals surface area contributed by atoms with Gasteiger partial charge in [-0.25, -0.2) is 0 Å². The van der Waals surface area contributed by atoms with Gasteiger partial charge in [0.15, 0.2) is 0 Å². The van der Waals surface area contributed by atoms with Crippen LogP contribution < -0.4 is 50.9 Å². The van der Waals surface area contributed by atoms with Crippen molar-refractivity contribution in [2.45, 2.75) is 0 Å². The van der Waals surface area contributed by atoms with E-state index in [1.54, 1.807) is 0 Å². The summed E-state index contributed by atoms with van der Waals surface area (Å²) >= 11 is 14.4. The van der Waals surface area contributed by atoms with E-state index in [-0.39, 0.29) is 68.3 Å². The molecule has 0 spiro atoms. The second-order valence-corrected chi connectivity index (χ2v) is 2.23. The second kappa shape index (κ2) is 22.5. The van der Waals surface area contributed by atoms with Crippen LogP contribution in [0.5, 0.6) is 0 Å². The van der Waals surface area contributed by atoms with Gasteiger partial charge in [-0.2, -0.15) is 34.4 Å². The predicted octanol–water partition coefficient (Wildman–Crippen LogP) is -7.68. The van der Waals surface area contributed by atoms with Crippen molar-refractivity contribution in [3.63, 3.8) is 0 Å². The Morgan fingerprint density at radius 3 is 0.750 bits per heavy atom. The van der Waals surface area contributed by atoms with Gasteiger partial charge in [-0.15, -0.1) is 0 Å². The summed E-state index contributed by atoms with van der Waals surface area (Å²) in [5.41, 5.74) is 0. The van der Waals surface area contributed by atoms with E-state index < -0.39 is 4.96 Å². The standard InChI is InChI=1S/Al.BCl3.3BrH/c;2-1(3)4;;;/h;;3*1H/q+3;;;;/p-3. The van der Waals surface area contributed by atoms with E-state index in [0.29, 0.717) is 0 Å². The molecule has 0 fully saturated rings. The molecule has 8 heavy (non-hydrogen) atoms. The first kappa shape index (κ1) is 30.7. The van der Waals surface area contributed by atoms with Gasteiger partial charge in [0.25, 0.3) is 0 Å². The molecular weight excluding hydrogens is 384 g/mol. The van der Waals surface area contributed by atoms with E-state index in [0.717, 1.165) is 0 Å². The van der Waals surface area contributed by atoms with Crippen LogP contribution in [0.3, 0.4) is 0 Å². The fourth-order valence-corrected chi connectivity index (χ4v) is 0. The average Bonchev–Trinajstić information content (AvgIpc) is 0.811. The normalized spacial score (nSPS) is 3.38. The molecule has 48 valence electrons. The molecule has 0 atom stereocenters. The largest absolute Gasteiger partial charge is 3.00 e. The third kappa shape index (κ3) is 65.9. The van der Waals surface area contributed by atoms with Crippen LogP contribution in [-0.4, -0.2) is 22.3 Å². The molecule has 0 saturated heterocycles. The third-order valence-electron chi connectivity index (χ3n) is 0. The van der Waals surface area contributed by atoms with E-state index in [9.17, 15) is 0 Å². The molecule has 0 bridgehead atoms. The van der Waals surface area contributed by atoms with Crippen molar-refractivity contribution in [1.29, 1.82) is 0 Å². The molecule has 0 amide bonds. The minimum absolute atomic E-state index is 0. The Bertz CT molecular complexity index is 19.2. The molecule has 8 heteroatoms. The Balaban J connectivity index is -0.00000000750. The maximum absolute atomic E-state index is 4.81. The fourth-order valence-electron chi connectivity index (χ4n) is 0. The summed E-state index contributed by atoms with van der Waals surface area (Å²) in [6, 6.07) is 0. The molecule has 0 rings (SSSR count). The minimum atomic E-state index is -0.750. The number of hydrogen-bond acceptors (Lipinski definition) is 0. The van der Waals surface area contributed by atoms with Crippen LogP contribution in [0.2, 0.25) is 0 Å². The summed E-state index contributed by atoms with van der Waals surface area (Å²) in [5, 5.41) is 0. The van der Waals surface area contributed by atoms with Gasteiger partial charge in [0.1, 0.15) is 0 Å².